The second-order valence-electron chi connectivity index (χ2n) is 3.73. The third-order valence-electron chi connectivity index (χ3n) is 2.57. The Morgan fingerprint density at radius 2 is 2.08 bits per heavy atom. The van der Waals surface area contributed by atoms with Gasteiger partial charge in [-0.05, 0) is 37.5 Å². The summed E-state index contributed by atoms with van der Waals surface area (Å²) in [5.74, 6) is -0.178. The molecule has 0 saturated carbocycles. The average Bonchev–Trinajstić information content (AvgIpc) is 2.09. The first kappa shape index (κ1) is 10.2. The van der Waals surface area contributed by atoms with Crippen LogP contribution < -0.4 is 5.73 Å². The largest absolute Gasteiger partial charge is 0.322 e. The molecule has 72 valence electrons. The molecule has 0 radical (unpaired) electrons. The number of rotatable bonds is 2. The highest BCUT2D eigenvalue weighted by atomic mass is 19.1. The van der Waals surface area contributed by atoms with Gasteiger partial charge in [0.1, 0.15) is 5.82 Å². The topological polar surface area (TPSA) is 26.0 Å². The van der Waals surface area contributed by atoms with Crippen LogP contribution in [0, 0.1) is 12.7 Å². The lowest BCUT2D eigenvalue weighted by atomic mass is 9.90. The zero-order valence-electron chi connectivity index (χ0n) is 8.39. The van der Waals surface area contributed by atoms with Gasteiger partial charge in [-0.2, -0.15) is 0 Å². The van der Waals surface area contributed by atoms with Crippen LogP contribution in [-0.2, 0) is 5.54 Å². The molecule has 13 heavy (non-hydrogen) atoms. The van der Waals surface area contributed by atoms with Crippen molar-refractivity contribution < 1.29 is 4.39 Å². The molecule has 1 nitrogen and oxygen atoms in total. The molecule has 1 aromatic rings. The smallest absolute Gasteiger partial charge is 0.126 e. The molecule has 2 heteroatoms. The Bertz CT molecular complexity index is 305. The molecular weight excluding hydrogens is 165 g/mol. The van der Waals surface area contributed by atoms with Gasteiger partial charge in [0.2, 0.25) is 0 Å². The molecule has 0 aliphatic heterocycles. The molecule has 0 unspecified atom stereocenters. The predicted octanol–water partition coefficient (Wildman–Crippen LogP) is 2.72. The maximum atomic E-state index is 13.2. The maximum absolute atomic E-state index is 13.2. The van der Waals surface area contributed by atoms with Crippen molar-refractivity contribution in [1.82, 2.24) is 0 Å². The van der Waals surface area contributed by atoms with Gasteiger partial charge in [-0.25, -0.2) is 4.39 Å². The second-order valence-corrected chi connectivity index (χ2v) is 3.73. The Hall–Kier alpha value is -0.890. The van der Waals surface area contributed by atoms with Gasteiger partial charge in [0, 0.05) is 5.54 Å². The molecule has 0 spiro atoms. The summed E-state index contributed by atoms with van der Waals surface area (Å²) in [5.41, 5.74) is 7.09. The SMILES string of the molecule is CC[C@](C)(N)c1ccc(C)c(F)c1. The van der Waals surface area contributed by atoms with E-state index >= 15 is 0 Å². The normalized spacial score (nSPS) is 15.5. The number of hydrogen-bond donors (Lipinski definition) is 1. The van der Waals surface area contributed by atoms with Gasteiger partial charge in [0.15, 0.2) is 0 Å². The minimum Gasteiger partial charge on any atom is -0.322 e. The van der Waals surface area contributed by atoms with Crippen molar-refractivity contribution in [1.29, 1.82) is 0 Å². The van der Waals surface area contributed by atoms with Crippen LogP contribution in [-0.4, -0.2) is 0 Å². The fourth-order valence-corrected chi connectivity index (χ4v) is 1.15. The molecule has 0 saturated heterocycles. The van der Waals surface area contributed by atoms with Gasteiger partial charge in [0.25, 0.3) is 0 Å². The zero-order chi connectivity index (χ0) is 10.1. The lowest BCUT2D eigenvalue weighted by Crippen LogP contribution is -2.32. The van der Waals surface area contributed by atoms with Crippen molar-refractivity contribution in [3.8, 4) is 0 Å². The Labute approximate surface area is 78.8 Å². The van der Waals surface area contributed by atoms with E-state index in [9.17, 15) is 4.39 Å². The van der Waals surface area contributed by atoms with E-state index in [4.69, 9.17) is 5.73 Å². The molecule has 0 aliphatic carbocycles. The molecule has 0 bridgehead atoms. The number of hydrogen-bond acceptors (Lipinski definition) is 1. The van der Waals surface area contributed by atoms with Crippen LogP contribution in [0.1, 0.15) is 31.4 Å². The predicted molar refractivity (Wildman–Crippen MR) is 53.0 cm³/mol. The highest BCUT2D eigenvalue weighted by Gasteiger charge is 2.19. The monoisotopic (exact) mass is 181 g/mol. The standard InChI is InChI=1S/C11H16FN/c1-4-11(3,13)9-6-5-8(2)10(12)7-9/h5-7H,4,13H2,1-3H3/t11-/m0/s1. The molecule has 1 rings (SSSR count). The maximum Gasteiger partial charge on any atom is 0.126 e. The van der Waals surface area contributed by atoms with Crippen LogP contribution in [0.15, 0.2) is 18.2 Å². The fraction of sp³-hybridized carbons (Fsp3) is 0.455. The summed E-state index contributed by atoms with van der Waals surface area (Å²) in [6.45, 7) is 5.66. The van der Waals surface area contributed by atoms with Gasteiger partial charge in [0.05, 0.1) is 0 Å². The van der Waals surface area contributed by atoms with Crippen molar-refractivity contribution in [2.45, 2.75) is 32.7 Å². The van der Waals surface area contributed by atoms with E-state index < -0.39 is 5.54 Å². The number of benzene rings is 1. The Balaban J connectivity index is 3.10. The van der Waals surface area contributed by atoms with Crippen LogP contribution in [0.3, 0.4) is 0 Å². The van der Waals surface area contributed by atoms with E-state index in [1.807, 2.05) is 19.9 Å². The van der Waals surface area contributed by atoms with Gasteiger partial charge in [-0.3, -0.25) is 0 Å². The summed E-state index contributed by atoms with van der Waals surface area (Å²) in [7, 11) is 0. The van der Waals surface area contributed by atoms with E-state index in [1.54, 1.807) is 13.0 Å². The van der Waals surface area contributed by atoms with E-state index in [0.717, 1.165) is 12.0 Å². The van der Waals surface area contributed by atoms with E-state index in [1.165, 1.54) is 6.07 Å². The molecule has 0 amide bonds. The first-order valence-electron chi connectivity index (χ1n) is 4.53. The van der Waals surface area contributed by atoms with E-state index in [-0.39, 0.29) is 5.82 Å². The average molecular weight is 181 g/mol. The highest BCUT2D eigenvalue weighted by molar-refractivity contribution is 5.28. The third kappa shape index (κ3) is 2.07. The van der Waals surface area contributed by atoms with Crippen LogP contribution in [0.4, 0.5) is 4.39 Å². The highest BCUT2D eigenvalue weighted by Crippen LogP contribution is 2.22. The van der Waals surface area contributed by atoms with Crippen LogP contribution in [0.5, 0.6) is 0 Å². The quantitative estimate of drug-likeness (QED) is 0.745. The molecule has 0 aromatic heterocycles. The summed E-state index contributed by atoms with van der Waals surface area (Å²) in [6, 6.07) is 5.19. The van der Waals surface area contributed by atoms with Crippen LogP contribution in [0.25, 0.3) is 0 Å². The summed E-state index contributed by atoms with van der Waals surface area (Å²) in [6.07, 6.45) is 0.801. The summed E-state index contributed by atoms with van der Waals surface area (Å²) < 4.78 is 13.2. The second kappa shape index (κ2) is 3.46. The summed E-state index contributed by atoms with van der Waals surface area (Å²) >= 11 is 0. The van der Waals surface area contributed by atoms with Gasteiger partial charge >= 0.3 is 0 Å². The van der Waals surface area contributed by atoms with Crippen LogP contribution in [0.2, 0.25) is 0 Å². The number of aryl methyl sites for hydroxylation is 1. The molecule has 0 aliphatic rings. The Kier molecular flexibility index (Phi) is 2.71. The minimum absolute atomic E-state index is 0.178. The first-order chi connectivity index (χ1) is 5.97. The van der Waals surface area contributed by atoms with Crippen molar-refractivity contribution in [3.05, 3.63) is 35.1 Å². The van der Waals surface area contributed by atoms with Crippen LogP contribution >= 0.6 is 0 Å². The lowest BCUT2D eigenvalue weighted by molar-refractivity contribution is 0.471. The zero-order valence-corrected chi connectivity index (χ0v) is 8.39. The summed E-state index contributed by atoms with van der Waals surface area (Å²) in [4.78, 5) is 0. The van der Waals surface area contributed by atoms with E-state index in [2.05, 4.69) is 0 Å². The van der Waals surface area contributed by atoms with Gasteiger partial charge < -0.3 is 5.73 Å². The Morgan fingerprint density at radius 1 is 1.46 bits per heavy atom. The van der Waals surface area contributed by atoms with Gasteiger partial charge in [-0.1, -0.05) is 19.1 Å². The Morgan fingerprint density at radius 3 is 2.54 bits per heavy atom. The lowest BCUT2D eigenvalue weighted by Gasteiger charge is -2.23. The number of halogens is 1. The molecule has 1 aromatic carbocycles. The molecule has 0 heterocycles. The van der Waals surface area contributed by atoms with Gasteiger partial charge in [-0.15, -0.1) is 0 Å². The fourth-order valence-electron chi connectivity index (χ4n) is 1.15. The third-order valence-corrected chi connectivity index (χ3v) is 2.57. The minimum atomic E-state index is -0.422. The first-order valence-corrected chi connectivity index (χ1v) is 4.53. The summed E-state index contributed by atoms with van der Waals surface area (Å²) in [5, 5.41) is 0. The molecule has 0 fully saturated rings. The van der Waals surface area contributed by atoms with Crippen molar-refractivity contribution in [3.63, 3.8) is 0 Å². The van der Waals surface area contributed by atoms with Crippen molar-refractivity contribution >= 4 is 0 Å². The van der Waals surface area contributed by atoms with Crippen molar-refractivity contribution in [2.75, 3.05) is 0 Å². The molecule has 2 N–H and O–H groups in total. The number of nitrogens with two attached hydrogens (primary N) is 1. The van der Waals surface area contributed by atoms with E-state index in [0.29, 0.717) is 5.56 Å². The molecular formula is C11H16FN. The molecule has 1 atom stereocenters. The van der Waals surface area contributed by atoms with Crippen molar-refractivity contribution in [2.24, 2.45) is 5.73 Å².